The van der Waals surface area contributed by atoms with Crippen molar-refractivity contribution in [2.45, 2.75) is 7.43 Å². The van der Waals surface area contributed by atoms with E-state index in [0.29, 0.717) is 20.8 Å². The van der Waals surface area contributed by atoms with Crippen LogP contribution in [-0.2, 0) is 14.0 Å². The van der Waals surface area contributed by atoms with Gasteiger partial charge in [0.1, 0.15) is 22.8 Å². The van der Waals surface area contributed by atoms with Crippen molar-refractivity contribution in [3.63, 3.8) is 0 Å². The van der Waals surface area contributed by atoms with E-state index >= 15 is 0 Å². The number of halogens is 6. The van der Waals surface area contributed by atoms with Crippen molar-refractivity contribution < 1.29 is 38.3 Å². The number of methoxy groups -OCH3 is 1. The quantitative estimate of drug-likeness (QED) is 0.144. The summed E-state index contributed by atoms with van der Waals surface area (Å²) in [6, 6.07) is 13.9. The van der Waals surface area contributed by atoms with Gasteiger partial charge in [0.15, 0.2) is 0 Å². The third kappa shape index (κ3) is 24.7. The number of esters is 1. The van der Waals surface area contributed by atoms with Gasteiger partial charge in [-0.05, 0) is 60.1 Å². The molecule has 20 heteroatoms. The molecular formula is C28H29Cl6N5O8S. The van der Waals surface area contributed by atoms with Crippen LogP contribution in [0.25, 0.3) is 0 Å². The van der Waals surface area contributed by atoms with Gasteiger partial charge in [-0.3, -0.25) is 19.6 Å². The normalized spacial score (nSPS) is 8.73. The van der Waals surface area contributed by atoms with Crippen LogP contribution in [0, 0.1) is 0 Å². The van der Waals surface area contributed by atoms with E-state index in [0.717, 1.165) is 7.11 Å². The summed E-state index contributed by atoms with van der Waals surface area (Å²) in [7, 11) is 11.2. The average molecular weight is 808 g/mol. The van der Waals surface area contributed by atoms with E-state index < -0.39 is 26.4 Å². The largest absolute Gasteiger partial charge is 0.477 e. The standard InChI is InChI=1S/C7H7ClN2O.C7H6ClNO2.C6H3Cl2NO.C6H5NO2.CH4O.CH4.Cl2OS/c1-9-7(11)6-4-5(8)2-3-10-6;1-11-7(10)6-4-5(8)2-3-9-6;7-4-1-2-9-5(3-4)6(8)10;8-6(9)5-3-1-2-4-7-5;1-2;;1-4(2)3/h2-4H,1H3,(H,9,11);2-4H,1H3;1-3H;1-4H,(H,8,9);2H,1H3;1H4;. The lowest BCUT2D eigenvalue weighted by atomic mass is 10.3. The van der Waals surface area contributed by atoms with Crippen LogP contribution in [0.15, 0.2) is 79.4 Å². The number of hydrogen-bond acceptors (Lipinski definition) is 11. The fraction of sp³-hybridized carbons (Fsp3) is 0.143. The fourth-order valence-corrected chi connectivity index (χ4v) is 2.86. The molecule has 0 fully saturated rings. The molecule has 0 radical (unpaired) electrons. The lowest BCUT2D eigenvalue weighted by molar-refractivity contribution is 0.0593. The number of ether oxygens (including phenoxy) is 1. The summed E-state index contributed by atoms with van der Waals surface area (Å²) in [5, 5.41) is 18.6. The Morgan fingerprint density at radius 2 is 1.12 bits per heavy atom. The highest BCUT2D eigenvalue weighted by atomic mass is 36.0. The van der Waals surface area contributed by atoms with Crippen molar-refractivity contribution in [2.24, 2.45) is 0 Å². The Morgan fingerprint density at radius 1 is 0.729 bits per heavy atom. The molecule has 13 nitrogen and oxygen atoms in total. The predicted octanol–water partition coefficient (Wildman–Crippen LogP) is 6.80. The second kappa shape index (κ2) is 29.7. The predicted molar refractivity (Wildman–Crippen MR) is 189 cm³/mol. The molecule has 0 spiro atoms. The van der Waals surface area contributed by atoms with Crippen molar-refractivity contribution >= 4 is 100 Å². The fourth-order valence-electron chi connectivity index (χ4n) is 2.28. The molecule has 0 saturated heterocycles. The maximum absolute atomic E-state index is 10.9. The molecule has 0 aliphatic rings. The third-order valence-corrected chi connectivity index (χ3v) is 5.00. The molecule has 4 rings (SSSR count). The number of carbonyl (C=O) groups is 4. The molecule has 3 N–H and O–H groups in total. The monoisotopic (exact) mass is 805 g/mol. The van der Waals surface area contributed by atoms with Crippen LogP contribution >= 0.6 is 67.8 Å². The van der Waals surface area contributed by atoms with Crippen molar-refractivity contribution in [1.82, 2.24) is 25.3 Å². The zero-order valence-electron chi connectivity index (χ0n) is 24.3. The van der Waals surface area contributed by atoms with Gasteiger partial charge in [0.25, 0.3) is 11.1 Å². The Morgan fingerprint density at radius 3 is 1.44 bits per heavy atom. The van der Waals surface area contributed by atoms with Crippen LogP contribution in [-0.4, -0.2) is 78.7 Å². The molecule has 4 aromatic rings. The first kappa shape index (κ1) is 48.9. The number of nitrogens with zero attached hydrogens (tertiary/aromatic N) is 4. The number of aromatic nitrogens is 4. The first-order valence-corrected chi connectivity index (χ1v) is 16.2. The topological polar surface area (TPSA) is 199 Å². The number of nitrogens with one attached hydrogen (secondary N) is 1. The van der Waals surface area contributed by atoms with Gasteiger partial charge in [-0.15, -0.1) is 0 Å². The Bertz CT molecular complexity index is 1510. The van der Waals surface area contributed by atoms with Crippen molar-refractivity contribution in [3.05, 3.63) is 117 Å². The average Bonchev–Trinajstić information content (AvgIpc) is 3.06. The number of carboxylic acids is 1. The second-order valence-corrected chi connectivity index (χ2v) is 11.3. The molecule has 0 aliphatic carbocycles. The summed E-state index contributed by atoms with van der Waals surface area (Å²) in [6.07, 6.45) is 5.82. The van der Waals surface area contributed by atoms with Gasteiger partial charge in [0, 0.05) is 75.4 Å². The molecule has 4 heterocycles. The first-order valence-electron chi connectivity index (χ1n) is 11.9. The van der Waals surface area contributed by atoms with E-state index in [1.165, 1.54) is 56.2 Å². The zero-order valence-corrected chi connectivity index (χ0v) is 29.7. The van der Waals surface area contributed by atoms with Crippen LogP contribution in [0.2, 0.25) is 15.1 Å². The van der Waals surface area contributed by atoms with Crippen LogP contribution in [0.4, 0.5) is 0 Å². The summed E-state index contributed by atoms with van der Waals surface area (Å²) in [5.74, 6) is -1.70. The van der Waals surface area contributed by atoms with Gasteiger partial charge in [-0.25, -0.2) is 23.8 Å². The van der Waals surface area contributed by atoms with E-state index in [-0.39, 0.29) is 30.4 Å². The molecule has 0 saturated carbocycles. The SMILES string of the molecule is C.CNC(=O)c1cc(Cl)ccn1.CO.COC(=O)c1cc(Cl)ccn1.O=C(Cl)c1cc(Cl)ccn1.O=C(O)c1ccccn1.O=S(Cl)Cl. The van der Waals surface area contributed by atoms with Crippen LogP contribution in [0.3, 0.4) is 0 Å². The first-order chi connectivity index (χ1) is 22.2. The van der Waals surface area contributed by atoms with Gasteiger partial charge in [0.05, 0.1) is 7.11 Å². The van der Waals surface area contributed by atoms with Gasteiger partial charge in [-0.2, -0.15) is 0 Å². The Hall–Kier alpha value is -3.47. The van der Waals surface area contributed by atoms with Crippen molar-refractivity contribution in [1.29, 1.82) is 0 Å². The molecule has 0 bridgehead atoms. The van der Waals surface area contributed by atoms with E-state index in [2.05, 4.69) is 51.4 Å². The molecule has 0 aromatic carbocycles. The summed E-state index contributed by atoms with van der Waals surface area (Å²) in [6.45, 7) is 0. The summed E-state index contributed by atoms with van der Waals surface area (Å²) in [4.78, 5) is 57.2. The van der Waals surface area contributed by atoms with Crippen LogP contribution in [0.1, 0.15) is 49.4 Å². The minimum absolute atomic E-state index is 0. The Balaban J connectivity index is -0.000000530. The van der Waals surface area contributed by atoms with Crippen molar-refractivity contribution in [2.75, 3.05) is 21.3 Å². The number of pyridine rings is 4. The summed E-state index contributed by atoms with van der Waals surface area (Å²) >= 11 is 21.9. The lowest BCUT2D eigenvalue weighted by Crippen LogP contribution is -2.18. The van der Waals surface area contributed by atoms with E-state index in [1.54, 1.807) is 37.4 Å². The highest BCUT2D eigenvalue weighted by Crippen LogP contribution is 2.10. The van der Waals surface area contributed by atoms with Crippen LogP contribution < -0.4 is 5.32 Å². The van der Waals surface area contributed by atoms with Crippen LogP contribution in [0.5, 0.6) is 0 Å². The Kier molecular flexibility index (Phi) is 30.2. The summed E-state index contributed by atoms with van der Waals surface area (Å²) in [5.41, 5.74) is 0.812. The molecule has 1 amide bonds. The molecule has 0 aliphatic heterocycles. The Labute approximate surface area is 308 Å². The zero-order chi connectivity index (χ0) is 36.4. The number of aromatic carboxylic acids is 1. The molecule has 0 unspecified atom stereocenters. The number of aliphatic hydroxyl groups excluding tert-OH is 1. The molecular weight excluding hydrogens is 779 g/mol. The van der Waals surface area contributed by atoms with E-state index in [1.807, 2.05) is 0 Å². The second-order valence-electron chi connectivity index (χ2n) is 7.13. The minimum Gasteiger partial charge on any atom is -0.477 e. The third-order valence-electron chi connectivity index (χ3n) is 4.11. The van der Waals surface area contributed by atoms with Gasteiger partial charge >= 0.3 is 11.9 Å². The highest BCUT2D eigenvalue weighted by molar-refractivity contribution is 8.26. The minimum atomic E-state index is -1.67. The number of aliphatic hydroxyl groups is 1. The molecule has 0 atom stereocenters. The molecule has 48 heavy (non-hydrogen) atoms. The van der Waals surface area contributed by atoms with Crippen molar-refractivity contribution in [3.8, 4) is 0 Å². The number of amides is 1. The number of carbonyl (C=O) groups excluding carboxylic acids is 3. The van der Waals surface area contributed by atoms with Gasteiger partial charge in [-0.1, -0.05) is 48.3 Å². The maximum Gasteiger partial charge on any atom is 0.356 e. The molecule has 262 valence electrons. The van der Waals surface area contributed by atoms with Gasteiger partial charge in [0.2, 0.25) is 9.23 Å². The van der Waals surface area contributed by atoms with E-state index in [4.69, 9.17) is 60.8 Å². The smallest absolute Gasteiger partial charge is 0.356 e. The highest BCUT2D eigenvalue weighted by Gasteiger charge is 2.06. The number of hydrogen-bond donors (Lipinski definition) is 3. The van der Waals surface area contributed by atoms with E-state index in [9.17, 15) is 19.2 Å². The number of rotatable bonds is 4. The lowest BCUT2D eigenvalue weighted by Gasteiger charge is -1.97. The maximum atomic E-state index is 10.9. The molecule has 4 aromatic heterocycles. The summed E-state index contributed by atoms with van der Waals surface area (Å²) < 4.78 is 13.5. The van der Waals surface area contributed by atoms with Gasteiger partial charge < -0.3 is 20.3 Å². The number of carboxylic acid groups (broad SMARTS) is 1.